The first-order valence-electron chi connectivity index (χ1n) is 9.62. The molecule has 0 aliphatic rings. The van der Waals surface area contributed by atoms with Gasteiger partial charge in [-0.25, -0.2) is 14.8 Å². The Morgan fingerprint density at radius 2 is 1.91 bits per heavy atom. The van der Waals surface area contributed by atoms with E-state index in [0.717, 1.165) is 4.57 Å². The molecule has 3 N–H and O–H groups in total. The molecule has 1 aromatic carbocycles. The molecule has 0 bridgehead atoms. The number of amides is 1. The van der Waals surface area contributed by atoms with Gasteiger partial charge < -0.3 is 15.2 Å². The fraction of sp³-hybridized carbons (Fsp3) is 0.211. The van der Waals surface area contributed by atoms with E-state index in [4.69, 9.17) is 15.2 Å². The summed E-state index contributed by atoms with van der Waals surface area (Å²) < 4.78 is 19.3. The van der Waals surface area contributed by atoms with Crippen molar-refractivity contribution in [1.29, 1.82) is 0 Å². The number of hydrogen-bond donors (Lipinski definition) is 2. The van der Waals surface area contributed by atoms with E-state index in [1.54, 1.807) is 25.2 Å². The van der Waals surface area contributed by atoms with Gasteiger partial charge >= 0.3 is 11.7 Å². The number of anilines is 1. The number of benzene rings is 1. The smallest absolute Gasteiger partial charge is 0.332 e. The van der Waals surface area contributed by atoms with Gasteiger partial charge in [0, 0.05) is 21.1 Å². The predicted octanol–water partition coefficient (Wildman–Crippen LogP) is -0.499. The topological polar surface area (TPSA) is 187 Å². The molecule has 0 spiro atoms. The number of hydrogen-bond acceptors (Lipinski definition) is 11. The van der Waals surface area contributed by atoms with Gasteiger partial charge in [0.1, 0.15) is 0 Å². The van der Waals surface area contributed by atoms with Crippen molar-refractivity contribution >= 4 is 29.1 Å². The van der Waals surface area contributed by atoms with Crippen LogP contribution in [0.15, 0.2) is 37.5 Å². The Labute approximate surface area is 190 Å². The van der Waals surface area contributed by atoms with Crippen molar-refractivity contribution < 1.29 is 18.9 Å². The zero-order chi connectivity index (χ0) is 24.6. The molecule has 15 nitrogen and oxygen atoms in total. The Morgan fingerprint density at radius 3 is 2.59 bits per heavy atom. The standard InChI is InChI=1S/C19H19N9O6/c1-26-13-15(27(2)19(31)28(3)17(13)30)22-18(26)33-10-6-5-9(7-11(10)32-4)8-21-23-16(29)12-14(20)25-34-24-12/h5-8H,1-4H3,(H2,20,25)(H,23,29)/b21-8+. The lowest BCUT2D eigenvalue weighted by atomic mass is 10.2. The van der Waals surface area contributed by atoms with E-state index < -0.39 is 17.2 Å². The highest BCUT2D eigenvalue weighted by molar-refractivity contribution is 5.96. The van der Waals surface area contributed by atoms with E-state index in [1.807, 2.05) is 0 Å². The highest BCUT2D eigenvalue weighted by Gasteiger charge is 2.19. The monoisotopic (exact) mass is 469 g/mol. The Bertz CT molecular complexity index is 1560. The van der Waals surface area contributed by atoms with Gasteiger partial charge in [-0.05, 0) is 34.1 Å². The summed E-state index contributed by atoms with van der Waals surface area (Å²) in [5, 5.41) is 10.5. The molecule has 4 aromatic rings. The molecule has 0 saturated heterocycles. The first kappa shape index (κ1) is 22.3. The van der Waals surface area contributed by atoms with Crippen LogP contribution in [-0.4, -0.2) is 48.2 Å². The van der Waals surface area contributed by atoms with Crippen molar-refractivity contribution in [2.75, 3.05) is 12.8 Å². The second kappa shape index (κ2) is 8.53. The van der Waals surface area contributed by atoms with Gasteiger partial charge in [-0.2, -0.15) is 10.1 Å². The maximum atomic E-state index is 12.5. The van der Waals surface area contributed by atoms with Crippen molar-refractivity contribution in [3.63, 3.8) is 0 Å². The number of carbonyl (C=O) groups excluding carboxylic acids is 1. The maximum Gasteiger partial charge on any atom is 0.332 e. The number of rotatable bonds is 6. The molecule has 0 aliphatic carbocycles. The van der Waals surface area contributed by atoms with Crippen LogP contribution in [0.5, 0.6) is 17.5 Å². The SMILES string of the molecule is COc1cc(/C=N/NC(=O)c2nonc2N)ccc1Oc1nc2c(c(=O)n(C)c(=O)n2C)n1C. The van der Waals surface area contributed by atoms with Crippen LogP contribution in [0.3, 0.4) is 0 Å². The number of nitrogens with two attached hydrogens (primary N) is 1. The molecule has 1 amide bonds. The van der Waals surface area contributed by atoms with Crippen LogP contribution in [0.2, 0.25) is 0 Å². The van der Waals surface area contributed by atoms with Crippen LogP contribution >= 0.6 is 0 Å². The fourth-order valence-corrected chi connectivity index (χ4v) is 3.11. The average molecular weight is 469 g/mol. The van der Waals surface area contributed by atoms with Crippen molar-refractivity contribution in [3.05, 3.63) is 50.3 Å². The normalized spacial score (nSPS) is 11.3. The lowest BCUT2D eigenvalue weighted by Gasteiger charge is -2.10. The van der Waals surface area contributed by atoms with Gasteiger partial charge in [-0.1, -0.05) is 0 Å². The predicted molar refractivity (Wildman–Crippen MR) is 118 cm³/mol. The van der Waals surface area contributed by atoms with Crippen LogP contribution in [-0.2, 0) is 21.1 Å². The summed E-state index contributed by atoms with van der Waals surface area (Å²) in [6, 6.07) is 4.93. The second-order valence-electron chi connectivity index (χ2n) is 7.04. The van der Waals surface area contributed by atoms with E-state index in [2.05, 4.69) is 30.5 Å². The quantitative estimate of drug-likeness (QED) is 0.275. The number of hydrazone groups is 1. The number of fused-ring (bicyclic) bond motifs is 1. The van der Waals surface area contributed by atoms with Crippen molar-refractivity contribution in [2.24, 2.45) is 26.2 Å². The first-order valence-corrected chi connectivity index (χ1v) is 9.62. The van der Waals surface area contributed by atoms with E-state index in [-0.39, 0.29) is 28.7 Å². The minimum Gasteiger partial charge on any atom is -0.493 e. The van der Waals surface area contributed by atoms with Gasteiger partial charge in [-0.3, -0.25) is 23.3 Å². The van der Waals surface area contributed by atoms with Gasteiger partial charge in [0.05, 0.1) is 13.3 Å². The van der Waals surface area contributed by atoms with Crippen LogP contribution in [0.4, 0.5) is 5.82 Å². The summed E-state index contributed by atoms with van der Waals surface area (Å²) in [5.74, 6) is -0.223. The molecule has 34 heavy (non-hydrogen) atoms. The maximum absolute atomic E-state index is 12.5. The molecular weight excluding hydrogens is 450 g/mol. The number of carbonyl (C=O) groups is 1. The number of nitrogen functional groups attached to an aromatic ring is 1. The van der Waals surface area contributed by atoms with Crippen molar-refractivity contribution in [1.82, 2.24) is 34.4 Å². The number of imidazole rings is 1. The van der Waals surface area contributed by atoms with Crippen molar-refractivity contribution in [2.45, 2.75) is 0 Å². The Hall–Kier alpha value is -4.95. The number of methoxy groups -OCH3 is 1. The van der Waals surface area contributed by atoms with E-state index in [0.29, 0.717) is 17.1 Å². The van der Waals surface area contributed by atoms with Gasteiger partial charge in [0.2, 0.25) is 11.5 Å². The molecular formula is C19H19N9O6. The number of ether oxygens (including phenoxy) is 2. The zero-order valence-corrected chi connectivity index (χ0v) is 18.5. The molecule has 15 heteroatoms. The fourth-order valence-electron chi connectivity index (χ4n) is 3.11. The van der Waals surface area contributed by atoms with Gasteiger partial charge in [0.25, 0.3) is 11.5 Å². The number of nitrogens with zero attached hydrogens (tertiary/aromatic N) is 7. The third-order valence-electron chi connectivity index (χ3n) is 4.93. The summed E-state index contributed by atoms with van der Waals surface area (Å²) in [5.41, 5.74) is 7.49. The lowest BCUT2D eigenvalue weighted by molar-refractivity contribution is 0.0946. The van der Waals surface area contributed by atoms with Crippen LogP contribution in [0, 0.1) is 0 Å². The summed E-state index contributed by atoms with van der Waals surface area (Å²) in [6.07, 6.45) is 1.36. The molecule has 0 saturated carbocycles. The van der Waals surface area contributed by atoms with E-state index in [1.165, 1.54) is 36.6 Å². The third-order valence-corrected chi connectivity index (χ3v) is 4.93. The molecule has 0 radical (unpaired) electrons. The van der Waals surface area contributed by atoms with E-state index >= 15 is 0 Å². The summed E-state index contributed by atoms with van der Waals surface area (Å²) in [6.45, 7) is 0. The lowest BCUT2D eigenvalue weighted by Crippen LogP contribution is -2.37. The highest BCUT2D eigenvalue weighted by atomic mass is 16.6. The summed E-state index contributed by atoms with van der Waals surface area (Å²) in [4.78, 5) is 41.0. The van der Waals surface area contributed by atoms with Gasteiger partial charge in [-0.15, -0.1) is 0 Å². The van der Waals surface area contributed by atoms with Gasteiger partial charge in [0.15, 0.2) is 22.7 Å². The molecule has 176 valence electrons. The Balaban J connectivity index is 1.59. The number of aryl methyl sites for hydroxylation is 2. The number of nitrogens with one attached hydrogen (secondary N) is 1. The molecule has 4 rings (SSSR count). The first-order chi connectivity index (χ1) is 16.2. The largest absolute Gasteiger partial charge is 0.493 e. The van der Waals surface area contributed by atoms with E-state index in [9.17, 15) is 14.4 Å². The number of aromatic nitrogens is 6. The van der Waals surface area contributed by atoms with Crippen molar-refractivity contribution in [3.8, 4) is 17.5 Å². The minimum atomic E-state index is -0.690. The minimum absolute atomic E-state index is 0.0825. The summed E-state index contributed by atoms with van der Waals surface area (Å²) >= 11 is 0. The van der Waals surface area contributed by atoms with Crippen LogP contribution in [0.1, 0.15) is 16.1 Å². The molecule has 0 unspecified atom stereocenters. The molecule has 0 aliphatic heterocycles. The van der Waals surface area contributed by atoms with Crippen LogP contribution in [0.25, 0.3) is 11.2 Å². The highest BCUT2D eigenvalue weighted by Crippen LogP contribution is 2.32. The van der Waals surface area contributed by atoms with Crippen LogP contribution < -0.4 is 31.9 Å². The average Bonchev–Trinajstić information content (AvgIpc) is 3.40. The summed E-state index contributed by atoms with van der Waals surface area (Å²) in [7, 11) is 5.95. The molecule has 0 fully saturated rings. The zero-order valence-electron chi connectivity index (χ0n) is 18.5. The Morgan fingerprint density at radius 1 is 1.15 bits per heavy atom. The Kier molecular flexibility index (Phi) is 5.58. The molecule has 3 aromatic heterocycles. The molecule has 3 heterocycles. The second-order valence-corrected chi connectivity index (χ2v) is 7.04. The third kappa shape index (κ3) is 3.74. The molecule has 0 atom stereocenters.